The lowest BCUT2D eigenvalue weighted by Crippen LogP contribution is -2.38. The minimum Gasteiger partial charge on any atom is -0.392 e. The standard InChI is InChI=1S/C9H21NO4.C7H17NO2.C5H13NO2.C4H11NO/c1-10(4-8(11)6-13-2)5-9(12)7-14-3;1-6(9)4-8(3)5-7(2)10;1-6-3-5(7)4-8-2;1-4(6)3-5-2/h8-9,11-12H,4-7H2,1-3H3;6-7,9-10H,4-5H2,1-3H3;5-7H,3-4H2,1-2H3;4-6H,3H2,1-2H3/t;6-,7+;;4-/m...1/s1. The number of aliphatic hydroxyl groups excluding tert-OH is 6. The maximum atomic E-state index is 9.38. The van der Waals surface area contributed by atoms with Crippen molar-refractivity contribution in [3.8, 4) is 0 Å². The number of nitrogens with one attached hydrogen (secondary N) is 2. The fraction of sp³-hybridized carbons (Fsp3) is 1.00. The lowest BCUT2D eigenvalue weighted by Gasteiger charge is -2.22. The second-order valence-corrected chi connectivity index (χ2v) is 9.43. The summed E-state index contributed by atoms with van der Waals surface area (Å²) in [6.07, 6.45) is -2.24. The quantitative estimate of drug-likeness (QED) is 0.0873. The molecule has 13 heteroatoms. The number of hydrogen-bond donors (Lipinski definition) is 8. The zero-order valence-corrected chi connectivity index (χ0v) is 25.6. The van der Waals surface area contributed by atoms with Crippen LogP contribution in [-0.2, 0) is 14.2 Å². The first kappa shape index (κ1) is 44.5. The van der Waals surface area contributed by atoms with Crippen LogP contribution in [0.4, 0.5) is 0 Å². The maximum absolute atomic E-state index is 9.38. The van der Waals surface area contributed by atoms with E-state index >= 15 is 0 Å². The van der Waals surface area contributed by atoms with Crippen molar-refractivity contribution in [2.45, 2.75) is 57.4 Å². The number of hydrogen-bond acceptors (Lipinski definition) is 13. The molecule has 8 N–H and O–H groups in total. The molecule has 236 valence electrons. The largest absolute Gasteiger partial charge is 0.392 e. The molecule has 3 unspecified atom stereocenters. The Morgan fingerprint density at radius 3 is 1.08 bits per heavy atom. The average molecular weight is 563 g/mol. The van der Waals surface area contributed by atoms with E-state index in [0.717, 1.165) is 0 Å². The second kappa shape index (κ2) is 32.7. The normalized spacial score (nSPS) is 15.6. The molecule has 0 aromatic rings. The van der Waals surface area contributed by atoms with E-state index in [1.807, 2.05) is 30.9 Å². The molecule has 0 saturated heterocycles. The summed E-state index contributed by atoms with van der Waals surface area (Å²) in [5, 5.41) is 59.6. The van der Waals surface area contributed by atoms with E-state index in [1.54, 1.807) is 49.1 Å². The molecular weight excluding hydrogens is 500 g/mol. The fourth-order valence-corrected chi connectivity index (χ4v) is 3.04. The van der Waals surface area contributed by atoms with Crippen molar-refractivity contribution < 1.29 is 44.8 Å². The van der Waals surface area contributed by atoms with Crippen LogP contribution in [0.5, 0.6) is 0 Å². The maximum Gasteiger partial charge on any atom is 0.0899 e. The van der Waals surface area contributed by atoms with Crippen molar-refractivity contribution in [3.63, 3.8) is 0 Å². The summed E-state index contributed by atoms with van der Waals surface area (Å²) >= 11 is 0. The Hall–Kier alpha value is -0.520. The van der Waals surface area contributed by atoms with Gasteiger partial charge in [0.05, 0.1) is 56.4 Å². The molecule has 0 spiro atoms. The number of nitrogens with zero attached hydrogens (tertiary/aromatic N) is 2. The monoisotopic (exact) mass is 562 g/mol. The molecule has 0 radical (unpaired) electrons. The molecule has 0 fully saturated rings. The van der Waals surface area contributed by atoms with Crippen LogP contribution in [0.2, 0.25) is 0 Å². The highest BCUT2D eigenvalue weighted by molar-refractivity contribution is 4.65. The molecule has 6 atom stereocenters. The van der Waals surface area contributed by atoms with Crippen LogP contribution < -0.4 is 10.6 Å². The summed E-state index contributed by atoms with van der Waals surface area (Å²) in [5.41, 5.74) is 0. The first-order valence-electron chi connectivity index (χ1n) is 12.9. The minimum absolute atomic E-state index is 0.213. The van der Waals surface area contributed by atoms with Gasteiger partial charge in [-0.3, -0.25) is 0 Å². The average Bonchev–Trinajstić information content (AvgIpc) is 2.74. The van der Waals surface area contributed by atoms with Gasteiger partial charge < -0.3 is 65.3 Å². The Labute approximate surface area is 231 Å². The second-order valence-electron chi connectivity index (χ2n) is 9.43. The highest BCUT2D eigenvalue weighted by Gasteiger charge is 2.11. The van der Waals surface area contributed by atoms with Gasteiger partial charge in [-0.05, 0) is 49.0 Å². The summed E-state index contributed by atoms with van der Waals surface area (Å²) in [7, 11) is 12.0. The van der Waals surface area contributed by atoms with Gasteiger partial charge in [0.1, 0.15) is 0 Å². The lowest BCUT2D eigenvalue weighted by molar-refractivity contribution is 0.0141. The molecule has 0 aliphatic rings. The summed E-state index contributed by atoms with van der Waals surface area (Å²) in [4.78, 5) is 3.74. The van der Waals surface area contributed by atoms with Gasteiger partial charge >= 0.3 is 0 Å². The van der Waals surface area contributed by atoms with Gasteiger partial charge in [-0.1, -0.05) is 0 Å². The first-order valence-corrected chi connectivity index (χ1v) is 12.9. The molecule has 0 aliphatic heterocycles. The SMILES string of the molecule is CNCC(O)COC.CNC[C@@H](C)O.COCC(O)CN(C)CC(O)COC.C[C@H](O)CN(C)C[C@@H](C)O. The van der Waals surface area contributed by atoms with E-state index in [2.05, 4.69) is 15.4 Å². The van der Waals surface area contributed by atoms with Crippen molar-refractivity contribution in [3.05, 3.63) is 0 Å². The molecule has 38 heavy (non-hydrogen) atoms. The van der Waals surface area contributed by atoms with E-state index in [4.69, 9.17) is 29.9 Å². The van der Waals surface area contributed by atoms with Crippen LogP contribution in [0.1, 0.15) is 20.8 Å². The number of likely N-dealkylation sites (N-methyl/N-ethyl adjacent to an activating group) is 4. The van der Waals surface area contributed by atoms with Gasteiger partial charge in [0.15, 0.2) is 0 Å². The van der Waals surface area contributed by atoms with Crippen molar-refractivity contribution in [1.82, 2.24) is 20.4 Å². The van der Waals surface area contributed by atoms with Crippen LogP contribution >= 0.6 is 0 Å². The number of aliphatic hydroxyl groups is 6. The van der Waals surface area contributed by atoms with Crippen LogP contribution in [0, 0.1) is 0 Å². The van der Waals surface area contributed by atoms with Crippen LogP contribution in [0.15, 0.2) is 0 Å². The van der Waals surface area contributed by atoms with Gasteiger partial charge in [0.2, 0.25) is 0 Å². The van der Waals surface area contributed by atoms with E-state index in [9.17, 15) is 10.2 Å². The van der Waals surface area contributed by atoms with Crippen molar-refractivity contribution in [2.24, 2.45) is 0 Å². The molecule has 13 nitrogen and oxygen atoms in total. The lowest BCUT2D eigenvalue weighted by atomic mass is 10.3. The molecule has 0 heterocycles. The Bertz CT molecular complexity index is 410. The number of rotatable bonds is 18. The third kappa shape index (κ3) is 45.4. The highest BCUT2D eigenvalue weighted by Crippen LogP contribution is 1.94. The fourth-order valence-electron chi connectivity index (χ4n) is 3.04. The summed E-state index contributed by atoms with van der Waals surface area (Å²) in [5.74, 6) is 0. The van der Waals surface area contributed by atoms with Gasteiger partial charge in [-0.2, -0.15) is 0 Å². The zero-order chi connectivity index (χ0) is 30.5. The smallest absolute Gasteiger partial charge is 0.0899 e. The molecule has 0 aliphatic carbocycles. The minimum atomic E-state index is -0.514. The van der Waals surface area contributed by atoms with Gasteiger partial charge in [0.25, 0.3) is 0 Å². The Morgan fingerprint density at radius 2 is 0.842 bits per heavy atom. The van der Waals surface area contributed by atoms with Crippen LogP contribution in [-0.4, -0.2) is 186 Å². The third-order valence-corrected chi connectivity index (χ3v) is 4.21. The summed E-state index contributed by atoms with van der Waals surface area (Å²) in [6.45, 7) is 9.71. The topological polar surface area (TPSA) is 180 Å². The van der Waals surface area contributed by atoms with Crippen molar-refractivity contribution in [2.75, 3.05) is 109 Å². The number of ether oxygens (including phenoxy) is 3. The highest BCUT2D eigenvalue weighted by atomic mass is 16.5. The van der Waals surface area contributed by atoms with Crippen LogP contribution in [0.25, 0.3) is 0 Å². The van der Waals surface area contributed by atoms with E-state index in [0.29, 0.717) is 59.1 Å². The molecule has 0 saturated carbocycles. The van der Waals surface area contributed by atoms with Crippen LogP contribution in [0.3, 0.4) is 0 Å². The summed E-state index contributed by atoms with van der Waals surface area (Å²) < 4.78 is 14.3. The van der Waals surface area contributed by atoms with E-state index < -0.39 is 12.2 Å². The van der Waals surface area contributed by atoms with Crippen molar-refractivity contribution >= 4 is 0 Å². The Kier molecular flexibility index (Phi) is 38.3. The Morgan fingerprint density at radius 1 is 0.526 bits per heavy atom. The molecule has 0 aromatic carbocycles. The predicted octanol–water partition coefficient (Wildman–Crippen LogP) is -2.59. The van der Waals surface area contributed by atoms with Crippen molar-refractivity contribution in [1.29, 1.82) is 0 Å². The zero-order valence-electron chi connectivity index (χ0n) is 25.6. The summed E-state index contributed by atoms with van der Waals surface area (Å²) in [6, 6.07) is 0. The Balaban J connectivity index is -0.000000213. The predicted molar refractivity (Wildman–Crippen MR) is 152 cm³/mol. The molecule has 0 rings (SSSR count). The molecule has 0 aromatic heterocycles. The first-order chi connectivity index (χ1) is 17.7. The van der Waals surface area contributed by atoms with E-state index in [-0.39, 0.29) is 24.4 Å². The number of methoxy groups -OCH3 is 3. The van der Waals surface area contributed by atoms with Gasteiger partial charge in [0, 0.05) is 60.6 Å². The third-order valence-electron chi connectivity index (χ3n) is 4.21. The van der Waals surface area contributed by atoms with Gasteiger partial charge in [-0.15, -0.1) is 0 Å². The van der Waals surface area contributed by atoms with Gasteiger partial charge in [-0.25, -0.2) is 0 Å². The van der Waals surface area contributed by atoms with E-state index in [1.165, 1.54) is 0 Å². The molecule has 0 bridgehead atoms. The molecular formula is C25H62N4O9. The molecule has 0 amide bonds.